The number of hydrogen-bond donors (Lipinski definition) is 1. The number of aryl methyl sites for hydroxylation is 1. The molecule has 3 nitrogen and oxygen atoms in total. The van der Waals surface area contributed by atoms with Crippen LogP contribution in [0.3, 0.4) is 0 Å². The molecule has 0 aliphatic heterocycles. The SMILES string of the molecule is CNc1ccc(-c2ncc3cc(C)ccc3n2)cc1. The number of nitrogens with zero attached hydrogens (tertiary/aromatic N) is 2. The Labute approximate surface area is 112 Å². The maximum Gasteiger partial charge on any atom is 0.159 e. The van der Waals surface area contributed by atoms with E-state index in [9.17, 15) is 0 Å². The third kappa shape index (κ3) is 2.27. The Hall–Kier alpha value is -2.42. The van der Waals surface area contributed by atoms with E-state index in [0.717, 1.165) is 28.0 Å². The lowest BCUT2D eigenvalue weighted by Crippen LogP contribution is -1.91. The van der Waals surface area contributed by atoms with E-state index < -0.39 is 0 Å². The van der Waals surface area contributed by atoms with Gasteiger partial charge in [-0.2, -0.15) is 0 Å². The summed E-state index contributed by atoms with van der Waals surface area (Å²) in [4.78, 5) is 9.05. The van der Waals surface area contributed by atoms with Crippen molar-refractivity contribution in [2.75, 3.05) is 12.4 Å². The van der Waals surface area contributed by atoms with E-state index in [1.807, 2.05) is 43.6 Å². The zero-order valence-corrected chi connectivity index (χ0v) is 11.0. The standard InChI is InChI=1S/C16H15N3/c1-11-3-8-15-13(9-11)10-18-16(19-15)12-4-6-14(17-2)7-5-12/h3-10,17H,1-2H3. The van der Waals surface area contributed by atoms with Gasteiger partial charge >= 0.3 is 0 Å². The first kappa shape index (κ1) is 11.7. The Morgan fingerprint density at radius 1 is 1.00 bits per heavy atom. The predicted molar refractivity (Wildman–Crippen MR) is 79.3 cm³/mol. The number of fused-ring (bicyclic) bond motifs is 1. The van der Waals surface area contributed by atoms with Crippen molar-refractivity contribution in [3.63, 3.8) is 0 Å². The first-order valence-electron chi connectivity index (χ1n) is 6.28. The summed E-state index contributed by atoms with van der Waals surface area (Å²) in [5.74, 6) is 0.763. The molecule has 0 aliphatic carbocycles. The zero-order valence-electron chi connectivity index (χ0n) is 11.0. The molecule has 3 aromatic rings. The van der Waals surface area contributed by atoms with E-state index in [4.69, 9.17) is 0 Å². The van der Waals surface area contributed by atoms with Gasteiger partial charge in [-0.25, -0.2) is 9.97 Å². The maximum atomic E-state index is 4.61. The van der Waals surface area contributed by atoms with Gasteiger partial charge in [0, 0.05) is 29.9 Å². The Morgan fingerprint density at radius 2 is 1.79 bits per heavy atom. The number of benzene rings is 2. The van der Waals surface area contributed by atoms with E-state index in [-0.39, 0.29) is 0 Å². The second kappa shape index (κ2) is 4.69. The molecule has 0 amide bonds. The van der Waals surface area contributed by atoms with Crippen molar-refractivity contribution in [1.82, 2.24) is 9.97 Å². The summed E-state index contributed by atoms with van der Waals surface area (Å²) in [5.41, 5.74) is 4.32. The summed E-state index contributed by atoms with van der Waals surface area (Å²) in [6.45, 7) is 2.07. The van der Waals surface area contributed by atoms with Crippen LogP contribution in [0.5, 0.6) is 0 Å². The number of hydrogen-bond acceptors (Lipinski definition) is 3. The summed E-state index contributed by atoms with van der Waals surface area (Å²) in [7, 11) is 1.91. The lowest BCUT2D eigenvalue weighted by atomic mass is 10.1. The second-order valence-corrected chi connectivity index (χ2v) is 4.58. The molecule has 0 saturated carbocycles. The Morgan fingerprint density at radius 3 is 2.53 bits per heavy atom. The molecule has 3 heteroatoms. The number of nitrogens with one attached hydrogen (secondary N) is 1. The van der Waals surface area contributed by atoms with E-state index in [0.29, 0.717) is 0 Å². The second-order valence-electron chi connectivity index (χ2n) is 4.58. The third-order valence-corrected chi connectivity index (χ3v) is 3.17. The Bertz CT molecular complexity index is 718. The Kier molecular flexibility index (Phi) is 2.88. The quantitative estimate of drug-likeness (QED) is 0.753. The van der Waals surface area contributed by atoms with Crippen molar-refractivity contribution in [2.24, 2.45) is 0 Å². The van der Waals surface area contributed by atoms with Gasteiger partial charge in [0.05, 0.1) is 5.52 Å². The van der Waals surface area contributed by atoms with Gasteiger partial charge in [0.1, 0.15) is 0 Å². The van der Waals surface area contributed by atoms with Crippen LogP contribution in [0.4, 0.5) is 5.69 Å². The fourth-order valence-electron chi connectivity index (χ4n) is 2.08. The van der Waals surface area contributed by atoms with Crippen LogP contribution in [-0.4, -0.2) is 17.0 Å². The van der Waals surface area contributed by atoms with Crippen LogP contribution < -0.4 is 5.32 Å². The smallest absolute Gasteiger partial charge is 0.159 e. The minimum atomic E-state index is 0.763. The summed E-state index contributed by atoms with van der Waals surface area (Å²) in [6, 6.07) is 14.3. The minimum absolute atomic E-state index is 0.763. The highest BCUT2D eigenvalue weighted by atomic mass is 14.9. The largest absolute Gasteiger partial charge is 0.388 e. The van der Waals surface area contributed by atoms with E-state index in [1.54, 1.807) is 0 Å². The molecule has 0 unspecified atom stereocenters. The number of aromatic nitrogens is 2. The fourth-order valence-corrected chi connectivity index (χ4v) is 2.08. The van der Waals surface area contributed by atoms with Gasteiger partial charge in [-0.3, -0.25) is 0 Å². The van der Waals surface area contributed by atoms with Crippen molar-refractivity contribution in [1.29, 1.82) is 0 Å². The van der Waals surface area contributed by atoms with Crippen molar-refractivity contribution >= 4 is 16.6 Å². The van der Waals surface area contributed by atoms with Crippen LogP contribution >= 0.6 is 0 Å². The molecule has 0 aliphatic rings. The molecule has 1 aromatic heterocycles. The molecule has 1 N–H and O–H groups in total. The summed E-state index contributed by atoms with van der Waals surface area (Å²) < 4.78 is 0. The molecule has 19 heavy (non-hydrogen) atoms. The zero-order chi connectivity index (χ0) is 13.2. The molecule has 0 fully saturated rings. The molecule has 0 atom stereocenters. The van der Waals surface area contributed by atoms with Gasteiger partial charge in [-0.05, 0) is 43.3 Å². The third-order valence-electron chi connectivity index (χ3n) is 3.17. The molecule has 0 saturated heterocycles. The molecule has 3 rings (SSSR count). The van der Waals surface area contributed by atoms with Gasteiger partial charge in [-0.1, -0.05) is 11.6 Å². The molecular weight excluding hydrogens is 234 g/mol. The van der Waals surface area contributed by atoms with Gasteiger partial charge in [0.25, 0.3) is 0 Å². The van der Waals surface area contributed by atoms with Crippen LogP contribution in [0.15, 0.2) is 48.7 Å². The maximum absolute atomic E-state index is 4.61. The van der Waals surface area contributed by atoms with E-state index in [2.05, 4.69) is 34.3 Å². The van der Waals surface area contributed by atoms with Crippen LogP contribution in [0.2, 0.25) is 0 Å². The van der Waals surface area contributed by atoms with E-state index >= 15 is 0 Å². The molecule has 0 spiro atoms. The highest BCUT2D eigenvalue weighted by Crippen LogP contribution is 2.20. The molecule has 0 radical (unpaired) electrons. The molecule has 94 valence electrons. The van der Waals surface area contributed by atoms with Crippen molar-refractivity contribution < 1.29 is 0 Å². The van der Waals surface area contributed by atoms with Crippen LogP contribution in [0.25, 0.3) is 22.3 Å². The minimum Gasteiger partial charge on any atom is -0.388 e. The monoisotopic (exact) mass is 249 g/mol. The number of rotatable bonds is 2. The highest BCUT2D eigenvalue weighted by Gasteiger charge is 2.03. The predicted octanol–water partition coefficient (Wildman–Crippen LogP) is 3.65. The van der Waals surface area contributed by atoms with Gasteiger partial charge < -0.3 is 5.32 Å². The first-order valence-corrected chi connectivity index (χ1v) is 6.28. The van der Waals surface area contributed by atoms with Crippen molar-refractivity contribution in [2.45, 2.75) is 6.92 Å². The summed E-state index contributed by atoms with van der Waals surface area (Å²) >= 11 is 0. The van der Waals surface area contributed by atoms with Crippen molar-refractivity contribution in [3.8, 4) is 11.4 Å². The summed E-state index contributed by atoms with van der Waals surface area (Å²) in [5, 5.41) is 4.18. The molecule has 0 bridgehead atoms. The van der Waals surface area contributed by atoms with Gasteiger partial charge in [-0.15, -0.1) is 0 Å². The lowest BCUT2D eigenvalue weighted by Gasteiger charge is -2.04. The van der Waals surface area contributed by atoms with Gasteiger partial charge in [0.15, 0.2) is 5.82 Å². The normalized spacial score (nSPS) is 10.6. The first-order chi connectivity index (χ1) is 9.26. The van der Waals surface area contributed by atoms with E-state index in [1.165, 1.54) is 5.56 Å². The van der Waals surface area contributed by atoms with Crippen LogP contribution in [0.1, 0.15) is 5.56 Å². The average molecular weight is 249 g/mol. The Balaban J connectivity index is 2.06. The molecular formula is C16H15N3. The fraction of sp³-hybridized carbons (Fsp3) is 0.125. The van der Waals surface area contributed by atoms with Crippen molar-refractivity contribution in [3.05, 3.63) is 54.2 Å². The molecule has 1 heterocycles. The highest BCUT2D eigenvalue weighted by molar-refractivity contribution is 5.80. The van der Waals surface area contributed by atoms with Crippen LogP contribution in [0, 0.1) is 6.92 Å². The topological polar surface area (TPSA) is 37.8 Å². The lowest BCUT2D eigenvalue weighted by molar-refractivity contribution is 1.22. The summed E-state index contributed by atoms with van der Waals surface area (Å²) in [6.07, 6.45) is 1.89. The number of anilines is 1. The average Bonchev–Trinajstić information content (AvgIpc) is 2.47. The van der Waals surface area contributed by atoms with Crippen LogP contribution in [-0.2, 0) is 0 Å². The van der Waals surface area contributed by atoms with Gasteiger partial charge in [0.2, 0.25) is 0 Å². The molecule has 2 aromatic carbocycles.